The average molecular weight is 441 g/mol. The molecule has 2 aliphatic rings. The summed E-state index contributed by atoms with van der Waals surface area (Å²) >= 11 is 0. The number of piperidine rings is 1. The lowest BCUT2D eigenvalue weighted by atomic mass is 9.91. The Balaban J connectivity index is 1.42. The van der Waals surface area contributed by atoms with Crippen LogP contribution in [0.4, 0.5) is 0 Å². The number of nitrogens with zero attached hydrogens (tertiary/aromatic N) is 3. The van der Waals surface area contributed by atoms with E-state index in [9.17, 15) is 13.6 Å². The first-order valence-electron chi connectivity index (χ1n) is 10.6. The van der Waals surface area contributed by atoms with Gasteiger partial charge in [0.25, 0.3) is 11.6 Å². The monoisotopic (exact) mass is 440 g/mol. The molecule has 1 aromatic carbocycles. The summed E-state index contributed by atoms with van der Waals surface area (Å²) in [5.74, 6) is 0.191. The van der Waals surface area contributed by atoms with Gasteiger partial charge in [-0.1, -0.05) is 27.6 Å². The maximum absolute atomic E-state index is 12.9. The van der Waals surface area contributed by atoms with Crippen molar-refractivity contribution in [2.24, 2.45) is 0 Å². The van der Waals surface area contributed by atoms with Gasteiger partial charge in [0, 0.05) is 37.7 Å². The normalized spacial score (nSPS) is 19.9. The van der Waals surface area contributed by atoms with Crippen LogP contribution in [-0.4, -0.2) is 45.0 Å². The minimum absolute atomic E-state index is 0.000421. The summed E-state index contributed by atoms with van der Waals surface area (Å²) in [5, 5.41) is 7.62. The smallest absolute Gasteiger partial charge is 0.259 e. The van der Waals surface area contributed by atoms with Crippen LogP contribution in [0.1, 0.15) is 59.3 Å². The molecule has 1 unspecified atom stereocenters. The van der Waals surface area contributed by atoms with Crippen LogP contribution in [0.5, 0.6) is 0 Å². The van der Waals surface area contributed by atoms with Crippen LogP contribution < -0.4 is 5.32 Å². The van der Waals surface area contributed by atoms with Gasteiger partial charge >= 0.3 is 0 Å². The number of benzene rings is 1. The van der Waals surface area contributed by atoms with Crippen LogP contribution in [0.15, 0.2) is 45.8 Å². The summed E-state index contributed by atoms with van der Waals surface area (Å²) in [6.07, 6.45) is 3.35. The zero-order valence-corrected chi connectivity index (χ0v) is 18.1. The Hall–Kier alpha value is -2.62. The summed E-state index contributed by atoms with van der Waals surface area (Å²) in [4.78, 5) is 17.5. The molecular formula is C22H24N4O4S. The van der Waals surface area contributed by atoms with Crippen molar-refractivity contribution in [3.8, 4) is 0 Å². The third-order valence-electron chi connectivity index (χ3n) is 6.18. The number of sulfonamides is 1. The van der Waals surface area contributed by atoms with E-state index in [0.29, 0.717) is 59.1 Å². The lowest BCUT2D eigenvalue weighted by Crippen LogP contribution is -2.41. The van der Waals surface area contributed by atoms with E-state index in [1.165, 1.54) is 4.31 Å². The fourth-order valence-corrected chi connectivity index (χ4v) is 5.77. The summed E-state index contributed by atoms with van der Waals surface area (Å²) in [6, 6.07) is 10.3. The number of fused-ring (bicyclic) bond motifs is 1. The molecular weight excluding hydrogens is 416 g/mol. The third kappa shape index (κ3) is 3.66. The zero-order valence-electron chi connectivity index (χ0n) is 17.2. The van der Waals surface area contributed by atoms with E-state index in [4.69, 9.17) is 4.52 Å². The van der Waals surface area contributed by atoms with Crippen molar-refractivity contribution in [3.63, 3.8) is 0 Å². The average Bonchev–Trinajstić information content (AvgIpc) is 3.58. The van der Waals surface area contributed by atoms with Gasteiger partial charge in [-0.25, -0.2) is 4.98 Å². The largest absolute Gasteiger partial charge is 0.593 e. The third-order valence-corrected chi connectivity index (χ3v) is 8.09. The van der Waals surface area contributed by atoms with Gasteiger partial charge in [0.05, 0.1) is 16.6 Å². The molecule has 1 aliphatic heterocycles. The molecule has 3 aromatic rings. The minimum Gasteiger partial charge on any atom is -0.593 e. The fourth-order valence-electron chi connectivity index (χ4n) is 4.28. The van der Waals surface area contributed by atoms with Gasteiger partial charge in [-0.2, -0.15) is 0 Å². The molecule has 1 saturated carbocycles. The summed E-state index contributed by atoms with van der Waals surface area (Å²) < 4.78 is 32.9. The Morgan fingerprint density at radius 3 is 2.52 bits per heavy atom. The van der Waals surface area contributed by atoms with Crippen molar-refractivity contribution in [3.05, 3.63) is 53.3 Å². The molecule has 2 fully saturated rings. The maximum Gasteiger partial charge on any atom is 0.259 e. The fraction of sp³-hybridized carbons (Fsp3) is 0.409. The predicted octanol–water partition coefficient (Wildman–Crippen LogP) is 3.24. The Labute approximate surface area is 181 Å². The van der Waals surface area contributed by atoms with Crippen LogP contribution in [0, 0.1) is 0 Å². The van der Waals surface area contributed by atoms with Crippen molar-refractivity contribution in [2.75, 3.05) is 20.1 Å². The van der Waals surface area contributed by atoms with Gasteiger partial charge in [-0.3, -0.25) is 4.79 Å². The Kier molecular flexibility index (Phi) is 5.11. The SMILES string of the molecule is CNC(=O)c1cc(C2CC2)nc2onc(C3CCN([S+](=O)([O-])c4ccccc4)CC3)c12. The highest BCUT2D eigenvalue weighted by molar-refractivity contribution is 7.95. The first-order chi connectivity index (χ1) is 15.0. The van der Waals surface area contributed by atoms with E-state index < -0.39 is 10.4 Å². The van der Waals surface area contributed by atoms with Crippen LogP contribution in [-0.2, 0) is 14.6 Å². The summed E-state index contributed by atoms with van der Waals surface area (Å²) in [6.45, 7) is 0.776. The van der Waals surface area contributed by atoms with Crippen LogP contribution >= 0.6 is 0 Å². The molecule has 162 valence electrons. The van der Waals surface area contributed by atoms with Crippen molar-refractivity contribution >= 4 is 27.4 Å². The molecule has 1 saturated heterocycles. The van der Waals surface area contributed by atoms with Gasteiger partial charge in [0.1, 0.15) is 0 Å². The Morgan fingerprint density at radius 1 is 1.16 bits per heavy atom. The molecule has 5 rings (SSSR count). The molecule has 2 aromatic heterocycles. The highest BCUT2D eigenvalue weighted by Gasteiger charge is 2.37. The number of pyridine rings is 1. The van der Waals surface area contributed by atoms with E-state index in [0.717, 1.165) is 18.5 Å². The Morgan fingerprint density at radius 2 is 1.87 bits per heavy atom. The summed E-state index contributed by atoms with van der Waals surface area (Å²) in [7, 11) is -1.91. The van der Waals surface area contributed by atoms with Gasteiger partial charge in [-0.05, 0) is 43.9 Å². The number of aromatic nitrogens is 2. The molecule has 0 radical (unpaired) electrons. The van der Waals surface area contributed by atoms with E-state index in [1.807, 2.05) is 6.07 Å². The molecule has 1 amide bonds. The number of hydrogen-bond donors (Lipinski definition) is 1. The van der Waals surface area contributed by atoms with Crippen molar-refractivity contribution in [1.82, 2.24) is 19.8 Å². The van der Waals surface area contributed by atoms with Crippen molar-refractivity contribution < 1.29 is 18.1 Å². The lowest BCUT2D eigenvalue weighted by molar-refractivity contribution is 0.0964. The van der Waals surface area contributed by atoms with E-state index in [-0.39, 0.29) is 11.8 Å². The number of amides is 1. The van der Waals surface area contributed by atoms with Gasteiger partial charge < -0.3 is 14.4 Å². The molecule has 31 heavy (non-hydrogen) atoms. The first kappa shape index (κ1) is 20.3. The molecule has 0 bridgehead atoms. The standard InChI is InChI=1S/C22H24N4O4S/c1-23-21(27)17-13-18(14-7-8-14)24-22-19(17)20(25-30-22)15-9-11-26(12-10-15)31(28,29)16-5-3-2-4-6-16/h2-6,13-15H,7-12H2,1H3,(H-,23,27,28,29). The van der Waals surface area contributed by atoms with E-state index in [2.05, 4.69) is 15.5 Å². The quantitative estimate of drug-likeness (QED) is 0.610. The van der Waals surface area contributed by atoms with Crippen molar-refractivity contribution in [1.29, 1.82) is 0 Å². The molecule has 1 atom stereocenters. The first-order valence-corrected chi connectivity index (χ1v) is 12.0. The predicted molar refractivity (Wildman–Crippen MR) is 114 cm³/mol. The van der Waals surface area contributed by atoms with Gasteiger partial charge in [0.2, 0.25) is 0 Å². The second-order valence-corrected chi connectivity index (χ2v) is 10.1. The van der Waals surface area contributed by atoms with Crippen LogP contribution in [0.2, 0.25) is 0 Å². The number of nitrogens with one attached hydrogen (secondary N) is 1. The molecule has 0 spiro atoms. The molecule has 9 heteroatoms. The highest BCUT2D eigenvalue weighted by atomic mass is 32.3. The second-order valence-electron chi connectivity index (χ2n) is 8.19. The zero-order chi connectivity index (χ0) is 21.6. The van der Waals surface area contributed by atoms with E-state index >= 15 is 0 Å². The number of rotatable bonds is 5. The number of carbonyl (C=O) groups is 1. The van der Waals surface area contributed by atoms with Crippen LogP contribution in [0.25, 0.3) is 11.1 Å². The van der Waals surface area contributed by atoms with Crippen LogP contribution in [0.3, 0.4) is 0 Å². The molecule has 1 N–H and O–H groups in total. The van der Waals surface area contributed by atoms with E-state index in [1.54, 1.807) is 37.4 Å². The van der Waals surface area contributed by atoms with Gasteiger partial charge in [-0.15, -0.1) is 4.31 Å². The molecule has 3 heterocycles. The van der Waals surface area contributed by atoms with Gasteiger partial charge in [0.15, 0.2) is 15.3 Å². The molecule has 8 nitrogen and oxygen atoms in total. The second kappa shape index (κ2) is 7.81. The Bertz CT molecular complexity index is 1170. The lowest BCUT2D eigenvalue weighted by Gasteiger charge is -2.33. The minimum atomic E-state index is -3.52. The van der Waals surface area contributed by atoms with Crippen molar-refractivity contribution in [2.45, 2.75) is 42.4 Å². The number of carbonyl (C=O) groups excluding carboxylic acids is 1. The highest BCUT2D eigenvalue weighted by Crippen LogP contribution is 2.42. The maximum atomic E-state index is 12.9. The summed E-state index contributed by atoms with van der Waals surface area (Å²) in [5.41, 5.74) is 2.49. The molecule has 1 aliphatic carbocycles. The topological polar surface area (TPSA) is 111 Å². The number of hydrogen-bond acceptors (Lipinski definition) is 6.